The van der Waals surface area contributed by atoms with Crippen LogP contribution in [-0.4, -0.2) is 26.7 Å². The first-order valence-electron chi connectivity index (χ1n) is 9.89. The number of ketones is 1. The number of carbonyl (C=O) groups is 2. The van der Waals surface area contributed by atoms with Crippen molar-refractivity contribution in [2.75, 3.05) is 0 Å². The maximum absolute atomic E-state index is 13.3. The monoisotopic (exact) mass is 414 g/mol. The molecule has 3 N–H and O–H groups in total. The zero-order valence-electron chi connectivity index (χ0n) is 17.3. The summed E-state index contributed by atoms with van der Waals surface area (Å²) in [6, 6.07) is 9.02. The SMILES string of the molecule is CC1(C)CC(=O)C2=C(C1)N(NC(=O)c1cccnc1)C(N)=C(C#N)C2c1cccnc1. The molecule has 1 atom stereocenters. The molecule has 2 aromatic rings. The Bertz CT molecular complexity index is 1150. The van der Waals surface area contributed by atoms with Crippen molar-refractivity contribution >= 4 is 11.7 Å². The molecule has 8 nitrogen and oxygen atoms in total. The van der Waals surface area contributed by atoms with Gasteiger partial charge in [0, 0.05) is 36.8 Å². The van der Waals surface area contributed by atoms with E-state index >= 15 is 0 Å². The Morgan fingerprint density at radius 1 is 1.23 bits per heavy atom. The number of nitrogens with zero attached hydrogens (tertiary/aromatic N) is 4. The van der Waals surface area contributed by atoms with Crippen LogP contribution in [0.25, 0.3) is 0 Å². The van der Waals surface area contributed by atoms with Crippen LogP contribution >= 0.6 is 0 Å². The van der Waals surface area contributed by atoms with Gasteiger partial charge in [-0.25, -0.2) is 5.01 Å². The number of pyridine rings is 2. The zero-order valence-corrected chi connectivity index (χ0v) is 17.3. The van der Waals surface area contributed by atoms with Gasteiger partial charge in [0.1, 0.15) is 5.82 Å². The number of hydrogen-bond acceptors (Lipinski definition) is 7. The Kier molecular flexibility index (Phi) is 5.03. The number of Topliss-reactive ketones (excluding diaryl/α,β-unsaturated/α-hetero) is 1. The number of aromatic nitrogens is 2. The van der Waals surface area contributed by atoms with Gasteiger partial charge in [-0.1, -0.05) is 19.9 Å². The summed E-state index contributed by atoms with van der Waals surface area (Å²) in [4.78, 5) is 34.3. The summed E-state index contributed by atoms with van der Waals surface area (Å²) in [5.74, 6) is -1.03. The smallest absolute Gasteiger partial charge is 0.271 e. The highest BCUT2D eigenvalue weighted by Crippen LogP contribution is 2.48. The molecule has 31 heavy (non-hydrogen) atoms. The molecule has 156 valence electrons. The van der Waals surface area contributed by atoms with Crippen molar-refractivity contribution in [3.8, 4) is 6.07 Å². The molecule has 0 fully saturated rings. The van der Waals surface area contributed by atoms with Crippen molar-refractivity contribution < 1.29 is 9.59 Å². The molecular formula is C23H22N6O2. The molecule has 1 aliphatic heterocycles. The van der Waals surface area contributed by atoms with E-state index in [-0.39, 0.29) is 22.6 Å². The van der Waals surface area contributed by atoms with E-state index in [1.807, 2.05) is 19.9 Å². The fourth-order valence-electron chi connectivity index (χ4n) is 4.18. The van der Waals surface area contributed by atoms with Gasteiger partial charge in [-0.3, -0.25) is 25.0 Å². The lowest BCUT2D eigenvalue weighted by Gasteiger charge is -2.43. The summed E-state index contributed by atoms with van der Waals surface area (Å²) >= 11 is 0. The maximum Gasteiger partial charge on any atom is 0.271 e. The summed E-state index contributed by atoms with van der Waals surface area (Å²) in [5.41, 5.74) is 11.2. The number of carbonyl (C=O) groups excluding carboxylic acids is 2. The van der Waals surface area contributed by atoms with Gasteiger partial charge < -0.3 is 5.73 Å². The second-order valence-corrected chi connectivity index (χ2v) is 8.45. The summed E-state index contributed by atoms with van der Waals surface area (Å²) in [6.45, 7) is 3.99. The number of nitrogens with two attached hydrogens (primary N) is 1. The van der Waals surface area contributed by atoms with Gasteiger partial charge >= 0.3 is 0 Å². The molecule has 0 saturated heterocycles. The largest absolute Gasteiger partial charge is 0.383 e. The lowest BCUT2D eigenvalue weighted by Crippen LogP contribution is -2.49. The molecular weight excluding hydrogens is 392 g/mol. The minimum absolute atomic E-state index is 0.0685. The standard InChI is InChI=1S/C23H22N6O2/c1-23(2)9-17-20(18(30)10-23)19(14-5-3-7-26-12-14)16(11-24)21(25)29(17)28-22(31)15-6-4-8-27-13-15/h3-8,12-13,19H,9-10,25H2,1-2H3,(H,28,31). The van der Waals surface area contributed by atoms with E-state index in [2.05, 4.69) is 21.5 Å². The van der Waals surface area contributed by atoms with Crippen LogP contribution in [0.3, 0.4) is 0 Å². The Balaban J connectivity index is 1.86. The van der Waals surface area contributed by atoms with E-state index in [9.17, 15) is 14.9 Å². The second kappa shape index (κ2) is 7.69. The third-order valence-corrected chi connectivity index (χ3v) is 5.54. The Morgan fingerprint density at radius 2 is 1.94 bits per heavy atom. The van der Waals surface area contributed by atoms with Gasteiger partial charge in [-0.05, 0) is 35.6 Å². The number of hydrazine groups is 1. The predicted octanol–water partition coefficient (Wildman–Crippen LogP) is 2.56. The maximum atomic E-state index is 13.3. The van der Waals surface area contributed by atoms with Crippen LogP contribution in [0.1, 0.15) is 48.5 Å². The van der Waals surface area contributed by atoms with Crippen molar-refractivity contribution in [1.82, 2.24) is 20.4 Å². The van der Waals surface area contributed by atoms with E-state index in [0.29, 0.717) is 35.2 Å². The van der Waals surface area contributed by atoms with Crippen molar-refractivity contribution in [3.05, 3.63) is 82.8 Å². The average Bonchev–Trinajstić information content (AvgIpc) is 2.75. The van der Waals surface area contributed by atoms with Gasteiger partial charge in [-0.2, -0.15) is 5.26 Å². The van der Waals surface area contributed by atoms with Crippen LogP contribution in [0, 0.1) is 16.7 Å². The number of amides is 1. The number of nitriles is 1. The van der Waals surface area contributed by atoms with Crippen LogP contribution in [0.2, 0.25) is 0 Å². The first-order chi connectivity index (χ1) is 14.8. The van der Waals surface area contributed by atoms with Gasteiger partial charge in [0.15, 0.2) is 5.78 Å². The van der Waals surface area contributed by atoms with Crippen molar-refractivity contribution in [2.45, 2.75) is 32.6 Å². The van der Waals surface area contributed by atoms with Crippen LogP contribution in [0.4, 0.5) is 0 Å². The van der Waals surface area contributed by atoms with E-state index in [1.165, 1.54) is 11.2 Å². The third-order valence-electron chi connectivity index (χ3n) is 5.54. The van der Waals surface area contributed by atoms with E-state index in [1.54, 1.807) is 36.8 Å². The van der Waals surface area contributed by atoms with Crippen LogP contribution in [0.15, 0.2) is 71.7 Å². The molecule has 3 heterocycles. The molecule has 1 aliphatic carbocycles. The Morgan fingerprint density at radius 3 is 2.55 bits per heavy atom. The summed E-state index contributed by atoms with van der Waals surface area (Å²) < 4.78 is 0. The second-order valence-electron chi connectivity index (χ2n) is 8.45. The van der Waals surface area contributed by atoms with Gasteiger partial charge in [-0.15, -0.1) is 0 Å². The minimum atomic E-state index is -0.621. The lowest BCUT2D eigenvalue weighted by atomic mass is 9.69. The molecule has 2 aromatic heterocycles. The molecule has 0 saturated carbocycles. The topological polar surface area (TPSA) is 125 Å². The van der Waals surface area contributed by atoms with Crippen molar-refractivity contribution in [2.24, 2.45) is 11.1 Å². The van der Waals surface area contributed by atoms with Crippen molar-refractivity contribution in [1.29, 1.82) is 5.26 Å². The zero-order chi connectivity index (χ0) is 22.2. The lowest BCUT2D eigenvalue weighted by molar-refractivity contribution is -0.118. The number of hydrogen-bond donors (Lipinski definition) is 2. The van der Waals surface area contributed by atoms with E-state index in [4.69, 9.17) is 5.73 Å². The summed E-state index contributed by atoms with van der Waals surface area (Å²) in [7, 11) is 0. The van der Waals surface area contributed by atoms with Crippen LogP contribution in [0.5, 0.6) is 0 Å². The molecule has 0 spiro atoms. The Hall–Kier alpha value is -3.99. The van der Waals surface area contributed by atoms with Crippen LogP contribution in [-0.2, 0) is 4.79 Å². The normalized spacial score (nSPS) is 20.2. The van der Waals surface area contributed by atoms with Gasteiger partial charge in [0.25, 0.3) is 5.91 Å². The third kappa shape index (κ3) is 3.66. The molecule has 1 unspecified atom stereocenters. The number of allylic oxidation sites excluding steroid dienone is 3. The van der Waals surface area contributed by atoms with Gasteiger partial charge in [0.05, 0.1) is 28.8 Å². The van der Waals surface area contributed by atoms with Gasteiger partial charge in [0.2, 0.25) is 0 Å². The van der Waals surface area contributed by atoms with Crippen molar-refractivity contribution in [3.63, 3.8) is 0 Å². The molecule has 0 aromatic carbocycles. The Labute approximate surface area is 180 Å². The highest BCUT2D eigenvalue weighted by atomic mass is 16.2. The fourth-order valence-corrected chi connectivity index (χ4v) is 4.18. The predicted molar refractivity (Wildman–Crippen MR) is 112 cm³/mol. The highest BCUT2D eigenvalue weighted by molar-refractivity contribution is 6.00. The van der Waals surface area contributed by atoms with Crippen LogP contribution < -0.4 is 11.2 Å². The van der Waals surface area contributed by atoms with E-state index in [0.717, 1.165) is 0 Å². The average molecular weight is 414 g/mol. The minimum Gasteiger partial charge on any atom is -0.383 e. The fraction of sp³-hybridized carbons (Fsp3) is 0.261. The molecule has 0 bridgehead atoms. The molecule has 8 heteroatoms. The first kappa shape index (κ1) is 20.3. The number of rotatable bonds is 3. The quantitative estimate of drug-likeness (QED) is 0.790. The highest BCUT2D eigenvalue weighted by Gasteiger charge is 2.44. The first-order valence-corrected chi connectivity index (χ1v) is 9.89. The molecule has 4 rings (SSSR count). The molecule has 2 aliphatic rings. The summed E-state index contributed by atoms with van der Waals surface area (Å²) in [5, 5.41) is 11.3. The number of nitrogens with one attached hydrogen (secondary N) is 1. The van der Waals surface area contributed by atoms with E-state index < -0.39 is 11.8 Å². The molecule has 0 radical (unpaired) electrons. The molecule has 1 amide bonds. The summed E-state index contributed by atoms with van der Waals surface area (Å²) in [6.07, 6.45) is 7.13.